The average Bonchev–Trinajstić information content (AvgIpc) is 3.07. The van der Waals surface area contributed by atoms with Gasteiger partial charge in [0.05, 0.1) is 15.1 Å². The molecule has 0 aliphatic rings. The second kappa shape index (κ2) is 8.61. The molecule has 0 spiro atoms. The number of sulfonamides is 1. The number of para-hydroxylation sites is 1. The lowest BCUT2D eigenvalue weighted by Gasteiger charge is -2.18. The number of hydrogen-bond acceptors (Lipinski definition) is 4. The standard InChI is InChI=1S/C21H25N3O3S2/c1-5-23(6-2)29(26,27)17-13-11-16(12-14-17)20(25)22-21-24(7-3)19-15(4)9-8-10-18(19)28-21/h8-14H,5-7H2,1-4H3. The smallest absolute Gasteiger partial charge is 0.279 e. The predicted molar refractivity (Wildman–Crippen MR) is 117 cm³/mol. The van der Waals surface area contributed by atoms with Gasteiger partial charge in [0.25, 0.3) is 5.91 Å². The van der Waals surface area contributed by atoms with Crippen molar-refractivity contribution in [3.05, 3.63) is 58.4 Å². The third-order valence-corrected chi connectivity index (χ3v) is 7.97. The Hall–Kier alpha value is -2.29. The van der Waals surface area contributed by atoms with Crippen LogP contribution in [-0.4, -0.2) is 36.3 Å². The summed E-state index contributed by atoms with van der Waals surface area (Å²) < 4.78 is 29.7. The van der Waals surface area contributed by atoms with Crippen LogP contribution in [0.1, 0.15) is 36.7 Å². The highest BCUT2D eigenvalue weighted by molar-refractivity contribution is 7.89. The van der Waals surface area contributed by atoms with Crippen molar-refractivity contribution >= 4 is 37.5 Å². The fourth-order valence-corrected chi connectivity index (χ4v) is 5.95. The molecule has 0 saturated heterocycles. The Labute approximate surface area is 175 Å². The molecule has 2 aromatic carbocycles. The van der Waals surface area contributed by atoms with Crippen molar-refractivity contribution < 1.29 is 13.2 Å². The largest absolute Gasteiger partial charge is 0.316 e. The van der Waals surface area contributed by atoms with Crippen LogP contribution in [0.15, 0.2) is 52.4 Å². The maximum atomic E-state index is 12.7. The van der Waals surface area contributed by atoms with Gasteiger partial charge in [0.2, 0.25) is 10.0 Å². The lowest BCUT2D eigenvalue weighted by molar-refractivity contribution is 0.0997. The van der Waals surface area contributed by atoms with Crippen molar-refractivity contribution in [3.63, 3.8) is 0 Å². The Bertz CT molecular complexity index is 1200. The Kier molecular flexibility index (Phi) is 6.36. The number of thiazole rings is 1. The van der Waals surface area contributed by atoms with Gasteiger partial charge >= 0.3 is 0 Å². The normalized spacial score (nSPS) is 12.8. The van der Waals surface area contributed by atoms with Crippen LogP contribution in [-0.2, 0) is 16.6 Å². The van der Waals surface area contributed by atoms with Crippen LogP contribution in [0.5, 0.6) is 0 Å². The second-order valence-electron chi connectivity index (χ2n) is 6.58. The minimum atomic E-state index is -3.55. The summed E-state index contributed by atoms with van der Waals surface area (Å²) in [5, 5.41) is 0. The van der Waals surface area contributed by atoms with Gasteiger partial charge in [-0.3, -0.25) is 4.79 Å². The number of aromatic nitrogens is 1. The molecule has 0 atom stereocenters. The van der Waals surface area contributed by atoms with E-state index in [9.17, 15) is 13.2 Å². The van der Waals surface area contributed by atoms with Crippen molar-refractivity contribution in [2.75, 3.05) is 13.1 Å². The fraction of sp³-hybridized carbons (Fsp3) is 0.333. The maximum absolute atomic E-state index is 12.7. The SMILES string of the molecule is CCN(CC)S(=O)(=O)c1ccc(C(=O)N=c2sc3cccc(C)c3n2CC)cc1. The Morgan fingerprint density at radius 2 is 1.72 bits per heavy atom. The quantitative estimate of drug-likeness (QED) is 0.596. The number of hydrogen-bond donors (Lipinski definition) is 0. The number of benzene rings is 2. The lowest BCUT2D eigenvalue weighted by atomic mass is 10.2. The fourth-order valence-electron chi connectivity index (χ4n) is 3.32. The molecule has 0 aliphatic carbocycles. The molecule has 0 N–H and O–H groups in total. The van der Waals surface area contributed by atoms with E-state index in [0.717, 1.165) is 15.8 Å². The third-order valence-electron chi connectivity index (χ3n) is 4.86. The molecule has 1 heterocycles. The van der Waals surface area contributed by atoms with Crippen molar-refractivity contribution in [3.8, 4) is 0 Å². The molecule has 8 heteroatoms. The number of carbonyl (C=O) groups excluding carboxylic acids is 1. The van der Waals surface area contributed by atoms with Crippen LogP contribution in [0.3, 0.4) is 0 Å². The molecule has 0 unspecified atom stereocenters. The van der Waals surface area contributed by atoms with Crippen LogP contribution in [0, 0.1) is 6.92 Å². The van der Waals surface area contributed by atoms with Crippen molar-refractivity contribution in [2.24, 2.45) is 4.99 Å². The molecule has 0 saturated carbocycles. The van der Waals surface area contributed by atoms with E-state index in [4.69, 9.17) is 0 Å². The van der Waals surface area contributed by atoms with Crippen LogP contribution < -0.4 is 4.80 Å². The zero-order chi connectivity index (χ0) is 21.2. The molecular formula is C21H25N3O3S2. The number of carbonyl (C=O) groups is 1. The van der Waals surface area contributed by atoms with E-state index in [-0.39, 0.29) is 10.8 Å². The number of nitrogens with zero attached hydrogens (tertiary/aromatic N) is 3. The van der Waals surface area contributed by atoms with E-state index in [1.807, 2.05) is 36.6 Å². The summed E-state index contributed by atoms with van der Waals surface area (Å²) in [6.07, 6.45) is 0. The molecule has 1 amide bonds. The summed E-state index contributed by atoms with van der Waals surface area (Å²) in [4.78, 5) is 17.9. The Morgan fingerprint density at radius 1 is 1.07 bits per heavy atom. The molecule has 3 rings (SSSR count). The highest BCUT2D eigenvalue weighted by Crippen LogP contribution is 2.21. The minimum absolute atomic E-state index is 0.179. The first kappa shape index (κ1) is 21.4. The molecule has 29 heavy (non-hydrogen) atoms. The van der Waals surface area contributed by atoms with Gasteiger partial charge in [-0.1, -0.05) is 37.3 Å². The van der Waals surface area contributed by atoms with Crippen LogP contribution in [0.2, 0.25) is 0 Å². The Morgan fingerprint density at radius 3 is 2.31 bits per heavy atom. The molecule has 0 aliphatic heterocycles. The molecule has 6 nitrogen and oxygen atoms in total. The first-order chi connectivity index (χ1) is 13.8. The van der Waals surface area contributed by atoms with Gasteiger partial charge in [0.1, 0.15) is 0 Å². The van der Waals surface area contributed by atoms with Gasteiger partial charge in [-0.15, -0.1) is 0 Å². The van der Waals surface area contributed by atoms with Crippen LogP contribution >= 0.6 is 11.3 Å². The Balaban J connectivity index is 1.98. The van der Waals surface area contributed by atoms with E-state index in [1.165, 1.54) is 39.9 Å². The monoisotopic (exact) mass is 431 g/mol. The molecule has 0 radical (unpaired) electrons. The maximum Gasteiger partial charge on any atom is 0.279 e. The van der Waals surface area contributed by atoms with Crippen molar-refractivity contribution in [2.45, 2.75) is 39.1 Å². The van der Waals surface area contributed by atoms with E-state index >= 15 is 0 Å². The number of rotatable bonds is 6. The second-order valence-corrected chi connectivity index (χ2v) is 9.53. The van der Waals surface area contributed by atoms with Gasteiger partial charge < -0.3 is 4.57 Å². The highest BCUT2D eigenvalue weighted by atomic mass is 32.2. The molecule has 0 fully saturated rings. The van der Waals surface area contributed by atoms with Crippen molar-refractivity contribution in [1.82, 2.24) is 8.87 Å². The molecule has 154 valence electrons. The van der Waals surface area contributed by atoms with Gasteiger partial charge in [0, 0.05) is 25.2 Å². The average molecular weight is 432 g/mol. The van der Waals surface area contributed by atoms with E-state index in [1.54, 1.807) is 13.8 Å². The first-order valence-electron chi connectivity index (χ1n) is 9.61. The molecular weight excluding hydrogens is 406 g/mol. The number of amides is 1. The summed E-state index contributed by atoms with van der Waals surface area (Å²) >= 11 is 1.48. The molecule has 3 aromatic rings. The highest BCUT2D eigenvalue weighted by Gasteiger charge is 2.21. The summed E-state index contributed by atoms with van der Waals surface area (Å²) in [5.41, 5.74) is 2.59. The molecule has 1 aromatic heterocycles. The summed E-state index contributed by atoms with van der Waals surface area (Å²) in [5.74, 6) is -0.386. The van der Waals surface area contributed by atoms with Gasteiger partial charge in [-0.25, -0.2) is 8.42 Å². The summed E-state index contributed by atoms with van der Waals surface area (Å²) in [7, 11) is -3.55. The van der Waals surface area contributed by atoms with Gasteiger partial charge in [0.15, 0.2) is 4.80 Å². The first-order valence-corrected chi connectivity index (χ1v) is 11.9. The van der Waals surface area contributed by atoms with E-state index in [0.29, 0.717) is 30.0 Å². The lowest BCUT2D eigenvalue weighted by Crippen LogP contribution is -2.30. The topological polar surface area (TPSA) is 71.7 Å². The summed E-state index contributed by atoms with van der Waals surface area (Å²) in [6.45, 7) is 9.17. The predicted octanol–water partition coefficient (Wildman–Crippen LogP) is 3.80. The van der Waals surface area contributed by atoms with Crippen LogP contribution in [0.25, 0.3) is 10.2 Å². The van der Waals surface area contributed by atoms with Gasteiger partial charge in [-0.05, 0) is 49.7 Å². The minimum Gasteiger partial charge on any atom is -0.316 e. The third kappa shape index (κ3) is 4.05. The van der Waals surface area contributed by atoms with Gasteiger partial charge in [-0.2, -0.15) is 9.30 Å². The van der Waals surface area contributed by atoms with E-state index in [2.05, 4.69) is 4.99 Å². The number of aryl methyl sites for hydroxylation is 2. The molecule has 0 bridgehead atoms. The van der Waals surface area contributed by atoms with E-state index < -0.39 is 10.0 Å². The number of fused-ring (bicyclic) bond motifs is 1. The summed E-state index contributed by atoms with van der Waals surface area (Å²) in [6, 6.07) is 12.1. The van der Waals surface area contributed by atoms with Crippen LogP contribution in [0.4, 0.5) is 0 Å². The zero-order valence-electron chi connectivity index (χ0n) is 17.0. The van der Waals surface area contributed by atoms with Crippen molar-refractivity contribution in [1.29, 1.82) is 0 Å². The zero-order valence-corrected chi connectivity index (χ0v) is 18.7.